The second kappa shape index (κ2) is 6.43. The average Bonchev–Trinajstić information content (AvgIpc) is 2.50. The van der Waals surface area contributed by atoms with Gasteiger partial charge < -0.3 is 14.7 Å². The van der Waals surface area contributed by atoms with Crippen molar-refractivity contribution in [3.8, 4) is 5.75 Å². The number of benzene rings is 1. The van der Waals surface area contributed by atoms with Crippen LogP contribution in [0.3, 0.4) is 0 Å². The summed E-state index contributed by atoms with van der Waals surface area (Å²) in [6, 6.07) is 4.78. The van der Waals surface area contributed by atoms with Crippen molar-refractivity contribution >= 4 is 22.8 Å². The molecule has 0 atom stereocenters. The first-order chi connectivity index (χ1) is 11.1. The van der Waals surface area contributed by atoms with Gasteiger partial charge in [0.05, 0.1) is 18.6 Å². The number of rotatable bonds is 4. The van der Waals surface area contributed by atoms with Gasteiger partial charge in [-0.3, -0.25) is 9.59 Å². The fraction of sp³-hybridized carbons (Fsp3) is 0.412. The third-order valence-corrected chi connectivity index (χ3v) is 3.42. The van der Waals surface area contributed by atoms with E-state index in [0.717, 1.165) is 0 Å². The number of hydrogen-bond donors (Lipinski definition) is 0. The summed E-state index contributed by atoms with van der Waals surface area (Å²) in [4.78, 5) is 28.1. The summed E-state index contributed by atoms with van der Waals surface area (Å²) in [6.07, 6.45) is 0. The molecular formula is C17H20N2O5. The molecule has 2 aromatic rings. The zero-order valence-electron chi connectivity index (χ0n) is 14.4. The predicted octanol–water partition coefficient (Wildman–Crippen LogP) is 2.17. The van der Waals surface area contributed by atoms with Crippen LogP contribution in [0.25, 0.3) is 11.0 Å². The zero-order valence-corrected chi connectivity index (χ0v) is 14.4. The summed E-state index contributed by atoms with van der Waals surface area (Å²) < 4.78 is 10.8. The van der Waals surface area contributed by atoms with E-state index in [2.05, 4.69) is 4.98 Å². The molecule has 24 heavy (non-hydrogen) atoms. The maximum Gasteiger partial charge on any atom is 0.311 e. The Kier molecular flexibility index (Phi) is 4.73. The van der Waals surface area contributed by atoms with E-state index < -0.39 is 17.2 Å². The van der Waals surface area contributed by atoms with Crippen LogP contribution in [-0.4, -0.2) is 23.8 Å². The van der Waals surface area contributed by atoms with Crippen molar-refractivity contribution in [2.24, 2.45) is 5.41 Å². The van der Waals surface area contributed by atoms with E-state index in [9.17, 15) is 14.8 Å². The van der Waals surface area contributed by atoms with Crippen LogP contribution in [0.15, 0.2) is 18.2 Å². The Balaban J connectivity index is 2.51. The number of esters is 1. The molecule has 0 amide bonds. The number of nitrogens with zero attached hydrogens (tertiary/aromatic N) is 2. The minimum atomic E-state index is -0.686. The quantitative estimate of drug-likeness (QED) is 0.369. The number of Topliss-reactive ketones (excluding diaryl/α,β-unsaturated/α-hetero) is 1. The highest BCUT2D eigenvalue weighted by Crippen LogP contribution is 2.20. The maximum absolute atomic E-state index is 12.6. The van der Waals surface area contributed by atoms with Crippen molar-refractivity contribution < 1.29 is 23.8 Å². The van der Waals surface area contributed by atoms with E-state index in [1.165, 1.54) is 20.1 Å². The molecule has 0 saturated carbocycles. The molecule has 1 aromatic carbocycles. The molecule has 0 fully saturated rings. The van der Waals surface area contributed by atoms with Crippen LogP contribution in [-0.2, 0) is 16.1 Å². The largest absolute Gasteiger partial charge is 0.618 e. The topological polar surface area (TPSA) is 92.4 Å². The number of fused-ring (bicyclic) bond motifs is 1. The van der Waals surface area contributed by atoms with Gasteiger partial charge in [-0.2, -0.15) is 4.73 Å². The Morgan fingerprint density at radius 3 is 2.50 bits per heavy atom. The molecule has 0 aliphatic heterocycles. The van der Waals surface area contributed by atoms with E-state index in [1.54, 1.807) is 32.9 Å². The first-order valence-electron chi connectivity index (χ1n) is 7.43. The Hall–Kier alpha value is -2.70. The van der Waals surface area contributed by atoms with Gasteiger partial charge in [-0.15, -0.1) is 0 Å². The zero-order chi connectivity index (χ0) is 18.1. The van der Waals surface area contributed by atoms with Gasteiger partial charge >= 0.3 is 5.97 Å². The smallest absolute Gasteiger partial charge is 0.311 e. The van der Waals surface area contributed by atoms with Crippen LogP contribution in [0.2, 0.25) is 0 Å². The van der Waals surface area contributed by atoms with Crippen molar-refractivity contribution in [2.75, 3.05) is 7.11 Å². The van der Waals surface area contributed by atoms with Crippen LogP contribution in [0, 0.1) is 10.6 Å². The SMILES string of the molecule is COc1ccc2nc(COC(=O)C(C)(C)C)c(C(C)=O)[n+]([O-])c2c1. The van der Waals surface area contributed by atoms with Crippen LogP contribution >= 0.6 is 0 Å². The molecule has 0 spiro atoms. The number of aromatic nitrogens is 2. The molecule has 0 aliphatic rings. The first kappa shape index (κ1) is 17.7. The standard InChI is InChI=1S/C17H20N2O5/c1-10(20)15-13(9-24-16(21)17(2,3)4)18-12-7-6-11(23-5)8-14(12)19(15)22/h6-8H,9H2,1-5H3. The second-order valence-corrected chi connectivity index (χ2v) is 6.44. The van der Waals surface area contributed by atoms with E-state index in [1.807, 2.05) is 0 Å². The van der Waals surface area contributed by atoms with Crippen molar-refractivity contribution in [1.82, 2.24) is 4.98 Å². The Morgan fingerprint density at radius 1 is 1.29 bits per heavy atom. The minimum Gasteiger partial charge on any atom is -0.618 e. The number of carbonyl (C=O) groups excluding carboxylic acids is 2. The summed E-state index contributed by atoms with van der Waals surface area (Å²) in [5, 5.41) is 12.6. The molecule has 0 bridgehead atoms. The highest BCUT2D eigenvalue weighted by Gasteiger charge is 2.27. The van der Waals surface area contributed by atoms with Gasteiger partial charge in [0.15, 0.2) is 5.69 Å². The molecule has 2 rings (SSSR count). The molecule has 1 heterocycles. The van der Waals surface area contributed by atoms with Crippen LogP contribution in [0.4, 0.5) is 0 Å². The third kappa shape index (κ3) is 3.45. The molecule has 0 N–H and O–H groups in total. The van der Waals surface area contributed by atoms with Crippen molar-refractivity contribution in [1.29, 1.82) is 0 Å². The fourth-order valence-corrected chi connectivity index (χ4v) is 2.12. The number of hydrogen-bond acceptors (Lipinski definition) is 6. The third-order valence-electron chi connectivity index (χ3n) is 3.42. The lowest BCUT2D eigenvalue weighted by Crippen LogP contribution is -2.37. The average molecular weight is 332 g/mol. The normalized spacial score (nSPS) is 11.4. The van der Waals surface area contributed by atoms with Gasteiger partial charge in [-0.25, -0.2) is 4.98 Å². The lowest BCUT2D eigenvalue weighted by molar-refractivity contribution is -0.580. The summed E-state index contributed by atoms with van der Waals surface area (Å²) in [6.45, 7) is 6.18. The number of ketones is 1. The highest BCUT2D eigenvalue weighted by atomic mass is 16.5. The van der Waals surface area contributed by atoms with Gasteiger partial charge in [0.25, 0.3) is 5.69 Å². The molecule has 1 aromatic heterocycles. The maximum atomic E-state index is 12.6. The van der Waals surface area contributed by atoms with Crippen molar-refractivity contribution in [3.05, 3.63) is 34.8 Å². The highest BCUT2D eigenvalue weighted by molar-refractivity contribution is 5.93. The first-order valence-corrected chi connectivity index (χ1v) is 7.43. The summed E-state index contributed by atoms with van der Waals surface area (Å²) in [5.74, 6) is -0.412. The lowest BCUT2D eigenvalue weighted by atomic mass is 9.97. The van der Waals surface area contributed by atoms with Gasteiger partial charge in [0, 0.05) is 6.92 Å². The van der Waals surface area contributed by atoms with E-state index in [4.69, 9.17) is 9.47 Å². The monoisotopic (exact) mass is 332 g/mol. The van der Waals surface area contributed by atoms with Crippen LogP contribution in [0.1, 0.15) is 43.9 Å². The van der Waals surface area contributed by atoms with Crippen molar-refractivity contribution in [3.63, 3.8) is 0 Å². The molecule has 7 nitrogen and oxygen atoms in total. The molecule has 0 radical (unpaired) electrons. The molecular weight excluding hydrogens is 312 g/mol. The lowest BCUT2D eigenvalue weighted by Gasteiger charge is -2.17. The number of carbonyl (C=O) groups is 2. The number of methoxy groups -OCH3 is 1. The molecule has 0 saturated heterocycles. The summed E-state index contributed by atoms with van der Waals surface area (Å²) in [7, 11) is 1.48. The van der Waals surface area contributed by atoms with Gasteiger partial charge in [0.2, 0.25) is 11.3 Å². The Labute approximate surface area is 139 Å². The Bertz CT molecular complexity index is 809. The Morgan fingerprint density at radius 2 is 1.96 bits per heavy atom. The van der Waals surface area contributed by atoms with E-state index in [-0.39, 0.29) is 23.5 Å². The van der Waals surface area contributed by atoms with Crippen LogP contribution in [0.5, 0.6) is 5.75 Å². The fourth-order valence-electron chi connectivity index (χ4n) is 2.12. The second-order valence-electron chi connectivity index (χ2n) is 6.44. The van der Waals surface area contributed by atoms with Crippen molar-refractivity contribution in [2.45, 2.75) is 34.3 Å². The summed E-state index contributed by atoms with van der Waals surface area (Å²) in [5.41, 5.74) is -0.0955. The molecule has 128 valence electrons. The minimum absolute atomic E-state index is 0.132. The molecule has 0 aliphatic carbocycles. The van der Waals surface area contributed by atoms with Crippen LogP contribution < -0.4 is 9.47 Å². The van der Waals surface area contributed by atoms with E-state index in [0.29, 0.717) is 16.0 Å². The van der Waals surface area contributed by atoms with Gasteiger partial charge in [-0.1, -0.05) is 0 Å². The van der Waals surface area contributed by atoms with Gasteiger partial charge in [0.1, 0.15) is 17.9 Å². The number of ether oxygens (including phenoxy) is 2. The molecule has 0 unspecified atom stereocenters. The molecule has 7 heteroatoms. The van der Waals surface area contributed by atoms with Gasteiger partial charge in [-0.05, 0) is 32.9 Å². The predicted molar refractivity (Wildman–Crippen MR) is 86.5 cm³/mol. The van der Waals surface area contributed by atoms with E-state index >= 15 is 0 Å². The summed E-state index contributed by atoms with van der Waals surface area (Å²) >= 11 is 0.